The average Bonchev–Trinajstić information content (AvgIpc) is 3.51. The molecule has 2 bridgehead atoms. The van der Waals surface area contributed by atoms with Crippen molar-refractivity contribution < 1.29 is 14.3 Å². The van der Waals surface area contributed by atoms with E-state index in [0.29, 0.717) is 17.1 Å². The van der Waals surface area contributed by atoms with Crippen molar-refractivity contribution in [2.45, 2.75) is 51.7 Å². The molecule has 5 rings (SSSR count). The Balaban J connectivity index is 1.17. The molecule has 36 heavy (non-hydrogen) atoms. The number of piperazine rings is 1. The van der Waals surface area contributed by atoms with E-state index in [-0.39, 0.29) is 11.9 Å². The summed E-state index contributed by atoms with van der Waals surface area (Å²) in [5, 5.41) is 0.657. The molecule has 3 heterocycles. The molecule has 0 unspecified atom stereocenters. The summed E-state index contributed by atoms with van der Waals surface area (Å²) in [4.78, 5) is 20.2. The van der Waals surface area contributed by atoms with Gasteiger partial charge in [0.25, 0.3) is 5.91 Å². The normalized spacial score (nSPS) is 23.3. The highest BCUT2D eigenvalue weighted by molar-refractivity contribution is 6.30. The summed E-state index contributed by atoms with van der Waals surface area (Å²) in [5.41, 5.74) is 4.62. The van der Waals surface area contributed by atoms with E-state index in [9.17, 15) is 4.79 Å². The molecule has 0 aromatic heterocycles. The Kier molecular flexibility index (Phi) is 7.87. The van der Waals surface area contributed by atoms with Crippen molar-refractivity contribution in [1.29, 1.82) is 0 Å². The van der Waals surface area contributed by atoms with E-state index in [1.807, 2.05) is 12.1 Å². The van der Waals surface area contributed by atoms with Gasteiger partial charge in [-0.1, -0.05) is 17.7 Å². The lowest BCUT2D eigenvalue weighted by molar-refractivity contribution is 0.0358. The van der Waals surface area contributed by atoms with Crippen LogP contribution in [0.5, 0.6) is 5.75 Å². The lowest BCUT2D eigenvalue weighted by Crippen LogP contribution is -2.49. The second-order valence-corrected chi connectivity index (χ2v) is 10.9. The summed E-state index contributed by atoms with van der Waals surface area (Å²) in [5.74, 6) is 1.11. The van der Waals surface area contributed by atoms with Gasteiger partial charge in [0.05, 0.1) is 19.8 Å². The molecule has 3 saturated heterocycles. The third kappa shape index (κ3) is 5.28. The molecule has 3 fully saturated rings. The first-order valence-electron chi connectivity index (χ1n) is 13.3. The van der Waals surface area contributed by atoms with E-state index in [1.54, 1.807) is 12.1 Å². The molecular formula is C29H38ClN3O3. The van der Waals surface area contributed by atoms with Crippen LogP contribution in [0.25, 0.3) is 0 Å². The average molecular weight is 512 g/mol. The monoisotopic (exact) mass is 511 g/mol. The van der Waals surface area contributed by atoms with Crippen LogP contribution in [-0.4, -0.2) is 85.2 Å². The zero-order valence-corrected chi connectivity index (χ0v) is 22.5. The Morgan fingerprint density at radius 1 is 1.06 bits per heavy atom. The zero-order chi connectivity index (χ0) is 25.2. The Bertz CT molecular complexity index is 1070. The summed E-state index contributed by atoms with van der Waals surface area (Å²) < 4.78 is 11.6. The summed E-state index contributed by atoms with van der Waals surface area (Å²) in [6.45, 7) is 13.9. The molecule has 0 N–H and O–H groups in total. The van der Waals surface area contributed by atoms with Crippen molar-refractivity contribution >= 4 is 17.5 Å². The molecule has 2 aromatic rings. The molecule has 3 aliphatic heterocycles. The highest BCUT2D eigenvalue weighted by atomic mass is 35.5. The fourth-order valence-electron chi connectivity index (χ4n) is 6.08. The third-order valence-electron chi connectivity index (χ3n) is 8.34. The number of carbonyl (C=O) groups is 1. The lowest BCUT2D eigenvalue weighted by Gasteiger charge is -2.38. The predicted octanol–water partition coefficient (Wildman–Crippen LogP) is 4.72. The molecule has 3 aliphatic rings. The van der Waals surface area contributed by atoms with E-state index in [0.717, 1.165) is 76.7 Å². The SMILES string of the molecule is Cc1c(OCCCN2CCOCC2)ccc([C@H](C)N2C[C@H]3C[C@@H]2CN3C(=O)c2ccc(Cl)cc2)c1C. The lowest BCUT2D eigenvalue weighted by atomic mass is 9.96. The molecule has 0 radical (unpaired) electrons. The maximum absolute atomic E-state index is 13.1. The molecule has 2 aromatic carbocycles. The van der Waals surface area contributed by atoms with Gasteiger partial charge in [0, 0.05) is 61.4 Å². The van der Waals surface area contributed by atoms with Crippen LogP contribution in [0.2, 0.25) is 5.02 Å². The molecule has 6 nitrogen and oxygen atoms in total. The van der Waals surface area contributed by atoms with Crippen molar-refractivity contribution in [3.63, 3.8) is 0 Å². The number of fused-ring (bicyclic) bond motifs is 2. The predicted molar refractivity (Wildman–Crippen MR) is 143 cm³/mol. The second kappa shape index (κ2) is 11.1. The summed E-state index contributed by atoms with van der Waals surface area (Å²) >= 11 is 6.00. The van der Waals surface area contributed by atoms with Crippen LogP contribution in [0.3, 0.4) is 0 Å². The molecule has 3 atom stereocenters. The van der Waals surface area contributed by atoms with E-state index >= 15 is 0 Å². The van der Waals surface area contributed by atoms with Crippen LogP contribution < -0.4 is 4.74 Å². The van der Waals surface area contributed by atoms with Gasteiger partial charge in [-0.15, -0.1) is 0 Å². The van der Waals surface area contributed by atoms with Crippen LogP contribution in [0.15, 0.2) is 36.4 Å². The largest absolute Gasteiger partial charge is 0.493 e. The number of likely N-dealkylation sites (tertiary alicyclic amines) is 2. The van der Waals surface area contributed by atoms with Crippen LogP contribution >= 0.6 is 11.6 Å². The number of rotatable bonds is 8. The highest BCUT2D eigenvalue weighted by Crippen LogP contribution is 2.39. The van der Waals surface area contributed by atoms with Crippen LogP contribution in [-0.2, 0) is 4.74 Å². The topological polar surface area (TPSA) is 45.3 Å². The smallest absolute Gasteiger partial charge is 0.254 e. The molecule has 0 saturated carbocycles. The van der Waals surface area contributed by atoms with Gasteiger partial charge < -0.3 is 14.4 Å². The number of morpholine rings is 1. The first-order valence-corrected chi connectivity index (χ1v) is 13.7. The highest BCUT2D eigenvalue weighted by Gasteiger charge is 2.47. The van der Waals surface area contributed by atoms with Gasteiger partial charge >= 0.3 is 0 Å². The quantitative estimate of drug-likeness (QED) is 0.480. The second-order valence-electron chi connectivity index (χ2n) is 10.4. The number of carbonyl (C=O) groups excluding carboxylic acids is 1. The fraction of sp³-hybridized carbons (Fsp3) is 0.552. The molecular weight excluding hydrogens is 474 g/mol. The molecule has 0 aliphatic carbocycles. The third-order valence-corrected chi connectivity index (χ3v) is 8.59. The van der Waals surface area contributed by atoms with Crippen molar-refractivity contribution in [3.8, 4) is 5.75 Å². The number of nitrogens with zero attached hydrogens (tertiary/aromatic N) is 3. The minimum atomic E-state index is 0.119. The standard InChI is InChI=1S/C29H38ClN3O3/c1-20-21(2)28(36-14-4-11-31-12-15-35-16-13-31)10-9-27(20)22(3)32-18-26-17-25(32)19-33(26)29(34)23-5-7-24(30)8-6-23/h5-10,22,25-26H,4,11-19H2,1-3H3/t22-,25+,26+/m0/s1. The van der Waals surface area contributed by atoms with Crippen molar-refractivity contribution in [3.05, 3.63) is 63.7 Å². The number of benzene rings is 2. The molecule has 194 valence electrons. The van der Waals surface area contributed by atoms with Crippen LogP contribution in [0.1, 0.15) is 52.9 Å². The first kappa shape index (κ1) is 25.5. The Morgan fingerprint density at radius 2 is 1.81 bits per heavy atom. The van der Waals surface area contributed by atoms with Gasteiger partial charge in [-0.3, -0.25) is 14.6 Å². The zero-order valence-electron chi connectivity index (χ0n) is 21.7. The molecule has 0 spiro atoms. The van der Waals surface area contributed by atoms with Crippen molar-refractivity contribution in [2.24, 2.45) is 0 Å². The van der Waals surface area contributed by atoms with E-state index in [2.05, 4.69) is 47.6 Å². The number of halogens is 1. The first-order chi connectivity index (χ1) is 17.4. The van der Waals surface area contributed by atoms with Crippen molar-refractivity contribution in [2.75, 3.05) is 52.5 Å². The number of hydrogen-bond acceptors (Lipinski definition) is 5. The number of ether oxygens (including phenoxy) is 2. The van der Waals surface area contributed by atoms with Gasteiger partial charge in [-0.2, -0.15) is 0 Å². The van der Waals surface area contributed by atoms with Gasteiger partial charge in [0.1, 0.15) is 5.75 Å². The molecule has 7 heteroatoms. The summed E-state index contributed by atoms with van der Waals surface area (Å²) in [7, 11) is 0. The Hall–Kier alpha value is -2.12. The minimum Gasteiger partial charge on any atom is -0.493 e. The maximum atomic E-state index is 13.1. The Labute approximate surface area is 220 Å². The van der Waals surface area contributed by atoms with Crippen molar-refractivity contribution in [1.82, 2.24) is 14.7 Å². The van der Waals surface area contributed by atoms with Crippen LogP contribution in [0, 0.1) is 13.8 Å². The maximum Gasteiger partial charge on any atom is 0.254 e. The summed E-state index contributed by atoms with van der Waals surface area (Å²) in [6.07, 6.45) is 2.07. The van der Waals surface area contributed by atoms with E-state index in [1.165, 1.54) is 16.7 Å². The number of hydrogen-bond donors (Lipinski definition) is 0. The van der Waals surface area contributed by atoms with E-state index < -0.39 is 0 Å². The minimum absolute atomic E-state index is 0.119. The Morgan fingerprint density at radius 3 is 2.50 bits per heavy atom. The summed E-state index contributed by atoms with van der Waals surface area (Å²) in [6, 6.07) is 12.6. The van der Waals surface area contributed by atoms with Gasteiger partial charge in [-0.25, -0.2) is 0 Å². The fourth-order valence-corrected chi connectivity index (χ4v) is 6.20. The van der Waals surface area contributed by atoms with Gasteiger partial charge in [0.2, 0.25) is 0 Å². The van der Waals surface area contributed by atoms with E-state index in [4.69, 9.17) is 21.1 Å². The van der Waals surface area contributed by atoms with Gasteiger partial charge in [-0.05, 0) is 80.6 Å². The number of amides is 1. The van der Waals surface area contributed by atoms with Gasteiger partial charge in [0.15, 0.2) is 0 Å². The van der Waals surface area contributed by atoms with Crippen LogP contribution in [0.4, 0.5) is 0 Å². The molecule has 1 amide bonds.